The monoisotopic (exact) mass is 649 g/mol. The SMILES string of the molecule is Cc1c(COc2cc3c(c(OCc4cncc(C#N)c4)c2)CN(CC(=S)OCC(C)C)CC3)cccc1-c1ccc2c(c1)OCCO2. The third-order valence-corrected chi connectivity index (χ3v) is 8.54. The number of hydrogen-bond acceptors (Lipinski definition) is 9. The van der Waals surface area contributed by atoms with E-state index in [9.17, 15) is 5.26 Å². The van der Waals surface area contributed by atoms with E-state index in [1.807, 2.05) is 18.2 Å². The Hall–Kier alpha value is -4.65. The first-order valence-electron chi connectivity index (χ1n) is 16.0. The third-order valence-electron chi connectivity index (χ3n) is 8.30. The second-order valence-electron chi connectivity index (χ2n) is 12.3. The van der Waals surface area contributed by atoms with E-state index in [0.717, 1.165) is 69.3 Å². The van der Waals surface area contributed by atoms with Crippen molar-refractivity contribution in [2.75, 3.05) is 32.9 Å². The molecule has 0 bridgehead atoms. The van der Waals surface area contributed by atoms with E-state index in [1.54, 1.807) is 18.5 Å². The second-order valence-corrected chi connectivity index (χ2v) is 12.8. The largest absolute Gasteiger partial charge is 0.489 e. The van der Waals surface area contributed by atoms with Gasteiger partial charge in [0.1, 0.15) is 44.0 Å². The van der Waals surface area contributed by atoms with Gasteiger partial charge in [-0.05, 0) is 83.6 Å². The molecule has 0 N–H and O–H groups in total. The van der Waals surface area contributed by atoms with Crippen molar-refractivity contribution in [3.8, 4) is 40.2 Å². The van der Waals surface area contributed by atoms with Crippen molar-refractivity contribution in [2.45, 2.75) is 47.0 Å². The van der Waals surface area contributed by atoms with Crippen molar-refractivity contribution in [1.29, 1.82) is 5.26 Å². The van der Waals surface area contributed by atoms with Gasteiger partial charge in [-0.1, -0.05) is 38.1 Å². The summed E-state index contributed by atoms with van der Waals surface area (Å²) in [4.78, 5) is 6.49. The van der Waals surface area contributed by atoms with Crippen LogP contribution in [0.3, 0.4) is 0 Å². The number of pyridine rings is 1. The van der Waals surface area contributed by atoms with Crippen molar-refractivity contribution >= 4 is 17.3 Å². The van der Waals surface area contributed by atoms with E-state index < -0.39 is 0 Å². The lowest BCUT2D eigenvalue weighted by Gasteiger charge is -2.30. The Morgan fingerprint density at radius 2 is 1.87 bits per heavy atom. The third kappa shape index (κ3) is 8.02. The molecular weight excluding hydrogens is 611 g/mol. The highest BCUT2D eigenvalue weighted by atomic mass is 32.1. The first-order valence-corrected chi connectivity index (χ1v) is 16.4. The molecule has 3 aromatic carbocycles. The first-order chi connectivity index (χ1) is 22.9. The summed E-state index contributed by atoms with van der Waals surface area (Å²) in [6, 6.07) is 20.4. The number of nitrogens with zero attached hydrogens (tertiary/aromatic N) is 3. The summed E-state index contributed by atoms with van der Waals surface area (Å²) in [6.45, 7) is 10.9. The van der Waals surface area contributed by atoms with Crippen LogP contribution in [0.4, 0.5) is 0 Å². The van der Waals surface area contributed by atoms with Gasteiger partial charge in [0.05, 0.1) is 18.7 Å². The minimum atomic E-state index is 0.283. The summed E-state index contributed by atoms with van der Waals surface area (Å²) < 4.78 is 30.2. The van der Waals surface area contributed by atoms with Crippen LogP contribution in [0.5, 0.6) is 23.0 Å². The smallest absolute Gasteiger partial charge is 0.173 e. The van der Waals surface area contributed by atoms with E-state index in [0.29, 0.717) is 56.0 Å². The Morgan fingerprint density at radius 1 is 1.02 bits per heavy atom. The van der Waals surface area contributed by atoms with Crippen LogP contribution < -0.4 is 18.9 Å². The molecule has 0 aliphatic carbocycles. The molecule has 9 heteroatoms. The Labute approximate surface area is 281 Å². The first kappa shape index (κ1) is 32.3. The van der Waals surface area contributed by atoms with Gasteiger partial charge in [-0.25, -0.2) is 0 Å². The van der Waals surface area contributed by atoms with Crippen LogP contribution in [0.15, 0.2) is 67.0 Å². The number of fused-ring (bicyclic) bond motifs is 2. The lowest BCUT2D eigenvalue weighted by molar-refractivity contribution is 0.171. The molecule has 0 radical (unpaired) electrons. The number of ether oxygens (including phenoxy) is 5. The molecule has 0 saturated heterocycles. The quantitative estimate of drug-likeness (QED) is 0.156. The van der Waals surface area contributed by atoms with Gasteiger partial charge in [0, 0.05) is 42.7 Å². The molecule has 3 heterocycles. The van der Waals surface area contributed by atoms with Crippen molar-refractivity contribution in [3.63, 3.8) is 0 Å². The number of thiocarbonyl (C=S) groups is 1. The molecular formula is C38H39N3O5S. The van der Waals surface area contributed by atoms with Crippen LogP contribution in [-0.2, 0) is 30.9 Å². The fourth-order valence-corrected chi connectivity index (χ4v) is 6.06. The number of nitriles is 1. The van der Waals surface area contributed by atoms with E-state index in [2.05, 4.69) is 67.1 Å². The van der Waals surface area contributed by atoms with Crippen molar-refractivity contribution < 1.29 is 23.7 Å². The van der Waals surface area contributed by atoms with Crippen molar-refractivity contribution in [1.82, 2.24) is 9.88 Å². The number of hydrogen-bond donors (Lipinski definition) is 0. The second kappa shape index (κ2) is 14.8. The number of benzene rings is 3. The summed E-state index contributed by atoms with van der Waals surface area (Å²) in [5.74, 6) is 3.47. The van der Waals surface area contributed by atoms with Gasteiger partial charge in [0.15, 0.2) is 16.5 Å². The fraction of sp³-hybridized carbons (Fsp3) is 0.342. The summed E-state index contributed by atoms with van der Waals surface area (Å²) >= 11 is 5.54. The summed E-state index contributed by atoms with van der Waals surface area (Å²) in [6.07, 6.45) is 4.11. The van der Waals surface area contributed by atoms with Crippen molar-refractivity contribution in [3.05, 3.63) is 100 Å². The minimum Gasteiger partial charge on any atom is -0.489 e. The standard InChI is InChI=1S/C38H39N3O5S/c1-25(2)22-46-38(47)21-41-10-9-30-14-32(16-36(34(30)20-41)45-23-28-13-27(17-39)18-40-19-28)44-24-31-5-4-6-33(26(31)3)29-7-8-35-37(15-29)43-12-11-42-35/h4-8,13-16,18-19,25H,9-12,20-24H2,1-3H3. The zero-order chi connectivity index (χ0) is 32.8. The van der Waals surface area contributed by atoms with Gasteiger partial charge < -0.3 is 23.7 Å². The lowest BCUT2D eigenvalue weighted by atomic mass is 9.96. The maximum atomic E-state index is 9.33. The molecule has 0 fully saturated rings. The predicted octanol–water partition coefficient (Wildman–Crippen LogP) is 7.22. The molecule has 0 saturated carbocycles. The minimum absolute atomic E-state index is 0.283. The number of rotatable bonds is 11. The van der Waals surface area contributed by atoms with Gasteiger partial charge in [-0.3, -0.25) is 9.88 Å². The van der Waals surface area contributed by atoms with E-state index >= 15 is 0 Å². The van der Waals surface area contributed by atoms with Crippen LogP contribution in [0, 0.1) is 24.2 Å². The highest BCUT2D eigenvalue weighted by Crippen LogP contribution is 2.37. The zero-order valence-corrected chi connectivity index (χ0v) is 27.9. The summed E-state index contributed by atoms with van der Waals surface area (Å²) in [5.41, 5.74) is 8.07. The van der Waals surface area contributed by atoms with E-state index in [4.69, 9.17) is 35.9 Å². The molecule has 2 aliphatic heterocycles. The fourth-order valence-electron chi connectivity index (χ4n) is 5.81. The van der Waals surface area contributed by atoms with Gasteiger partial charge in [0.2, 0.25) is 0 Å². The topological polar surface area (TPSA) is 86.1 Å². The Bertz CT molecular complexity index is 1800. The molecule has 2 aliphatic rings. The molecule has 4 aromatic rings. The zero-order valence-electron chi connectivity index (χ0n) is 27.1. The van der Waals surface area contributed by atoms with E-state index in [1.165, 1.54) is 5.56 Å². The van der Waals surface area contributed by atoms with Crippen molar-refractivity contribution in [2.24, 2.45) is 5.92 Å². The highest BCUT2D eigenvalue weighted by Gasteiger charge is 2.23. The molecule has 1 aromatic heterocycles. The maximum Gasteiger partial charge on any atom is 0.173 e. The molecule has 6 rings (SSSR count). The van der Waals surface area contributed by atoms with Crippen LogP contribution >= 0.6 is 12.2 Å². The van der Waals surface area contributed by atoms with Gasteiger partial charge in [-0.2, -0.15) is 5.26 Å². The molecule has 0 spiro atoms. The van der Waals surface area contributed by atoms with Gasteiger partial charge in [-0.15, -0.1) is 0 Å². The van der Waals surface area contributed by atoms with Gasteiger partial charge in [0.25, 0.3) is 0 Å². The van der Waals surface area contributed by atoms with Crippen LogP contribution in [0.25, 0.3) is 11.1 Å². The average Bonchev–Trinajstić information content (AvgIpc) is 3.09. The number of aromatic nitrogens is 1. The molecule has 0 unspecified atom stereocenters. The van der Waals surface area contributed by atoms with E-state index in [-0.39, 0.29) is 6.61 Å². The lowest BCUT2D eigenvalue weighted by Crippen LogP contribution is -2.35. The predicted molar refractivity (Wildman–Crippen MR) is 184 cm³/mol. The Balaban J connectivity index is 1.21. The highest BCUT2D eigenvalue weighted by molar-refractivity contribution is 7.80. The summed E-state index contributed by atoms with van der Waals surface area (Å²) in [7, 11) is 0. The van der Waals surface area contributed by atoms with Crippen LogP contribution in [-0.4, -0.2) is 47.8 Å². The van der Waals surface area contributed by atoms with Crippen LogP contribution in [0.2, 0.25) is 0 Å². The molecule has 47 heavy (non-hydrogen) atoms. The van der Waals surface area contributed by atoms with Gasteiger partial charge >= 0.3 is 0 Å². The molecule has 0 atom stereocenters. The maximum absolute atomic E-state index is 9.33. The molecule has 0 amide bonds. The Morgan fingerprint density at radius 3 is 2.70 bits per heavy atom. The normalized spacial score (nSPS) is 13.9. The molecule has 8 nitrogen and oxygen atoms in total. The summed E-state index contributed by atoms with van der Waals surface area (Å²) in [5, 5.41) is 9.94. The molecule has 242 valence electrons. The Kier molecular flexibility index (Phi) is 10.2. The van der Waals surface area contributed by atoms with Crippen LogP contribution in [0.1, 0.15) is 47.2 Å². The average molecular weight is 650 g/mol.